The maximum Gasteiger partial charge on any atom is 0.144 e. The SMILES string of the molecule is CC(N)CNc1ncc(Cl)cc1Cl. The first-order valence-corrected chi connectivity index (χ1v) is 4.65. The van der Waals surface area contributed by atoms with Crippen molar-refractivity contribution >= 4 is 29.0 Å². The maximum atomic E-state index is 5.86. The molecule has 0 aliphatic rings. The maximum absolute atomic E-state index is 5.86. The number of nitrogens with zero attached hydrogens (tertiary/aromatic N) is 1. The van der Waals surface area contributed by atoms with E-state index in [1.165, 1.54) is 6.20 Å². The Bertz CT molecular complexity index is 289. The molecule has 3 N–H and O–H groups in total. The van der Waals surface area contributed by atoms with Crippen molar-refractivity contribution in [3.8, 4) is 0 Å². The number of nitrogens with two attached hydrogens (primary N) is 1. The fraction of sp³-hybridized carbons (Fsp3) is 0.375. The van der Waals surface area contributed by atoms with Gasteiger partial charge in [-0.1, -0.05) is 23.2 Å². The average Bonchev–Trinajstić information content (AvgIpc) is 2.02. The molecule has 0 radical (unpaired) electrons. The third-order valence-electron chi connectivity index (χ3n) is 1.40. The highest BCUT2D eigenvalue weighted by Crippen LogP contribution is 2.22. The average molecular weight is 220 g/mol. The minimum atomic E-state index is 0.0635. The minimum Gasteiger partial charge on any atom is -0.367 e. The molecular formula is C8H11Cl2N3. The second-order valence-electron chi connectivity index (χ2n) is 2.84. The second-order valence-corrected chi connectivity index (χ2v) is 3.69. The van der Waals surface area contributed by atoms with Crippen LogP contribution in [-0.4, -0.2) is 17.6 Å². The smallest absolute Gasteiger partial charge is 0.144 e. The number of aromatic nitrogens is 1. The van der Waals surface area contributed by atoms with Crippen molar-refractivity contribution in [3.05, 3.63) is 22.3 Å². The largest absolute Gasteiger partial charge is 0.367 e. The van der Waals surface area contributed by atoms with Crippen LogP contribution in [-0.2, 0) is 0 Å². The molecule has 1 heterocycles. The van der Waals surface area contributed by atoms with Gasteiger partial charge < -0.3 is 11.1 Å². The molecule has 0 amide bonds. The Morgan fingerprint density at radius 1 is 1.62 bits per heavy atom. The first-order chi connectivity index (χ1) is 6.09. The summed E-state index contributed by atoms with van der Waals surface area (Å²) in [5, 5.41) is 4.04. The number of halogens is 2. The molecule has 0 aliphatic carbocycles. The van der Waals surface area contributed by atoms with E-state index in [1.54, 1.807) is 6.07 Å². The number of anilines is 1. The molecule has 1 aromatic rings. The number of hydrogen-bond acceptors (Lipinski definition) is 3. The van der Waals surface area contributed by atoms with Gasteiger partial charge in [0.2, 0.25) is 0 Å². The van der Waals surface area contributed by atoms with E-state index in [-0.39, 0.29) is 6.04 Å². The van der Waals surface area contributed by atoms with Gasteiger partial charge in [0.25, 0.3) is 0 Å². The third kappa shape index (κ3) is 3.38. The number of pyridine rings is 1. The molecule has 72 valence electrons. The molecule has 1 rings (SSSR count). The summed E-state index contributed by atoms with van der Waals surface area (Å²) >= 11 is 11.5. The van der Waals surface area contributed by atoms with Crippen LogP contribution in [0.25, 0.3) is 0 Å². The van der Waals surface area contributed by atoms with Gasteiger partial charge in [-0.3, -0.25) is 0 Å². The zero-order valence-electron chi connectivity index (χ0n) is 7.22. The van der Waals surface area contributed by atoms with E-state index in [2.05, 4.69) is 10.3 Å². The summed E-state index contributed by atoms with van der Waals surface area (Å²) in [4.78, 5) is 4.02. The summed E-state index contributed by atoms with van der Waals surface area (Å²) in [5.74, 6) is 0.614. The summed E-state index contributed by atoms with van der Waals surface area (Å²) in [6.07, 6.45) is 1.54. The molecule has 0 bridgehead atoms. The second kappa shape index (κ2) is 4.65. The number of rotatable bonds is 3. The zero-order chi connectivity index (χ0) is 9.84. The molecular weight excluding hydrogens is 209 g/mol. The number of hydrogen-bond donors (Lipinski definition) is 2. The van der Waals surface area contributed by atoms with Crippen LogP contribution >= 0.6 is 23.2 Å². The van der Waals surface area contributed by atoms with Crippen molar-refractivity contribution < 1.29 is 0 Å². The van der Waals surface area contributed by atoms with E-state index < -0.39 is 0 Å². The van der Waals surface area contributed by atoms with Crippen molar-refractivity contribution in [2.45, 2.75) is 13.0 Å². The van der Waals surface area contributed by atoms with Crippen LogP contribution in [0.1, 0.15) is 6.92 Å². The topological polar surface area (TPSA) is 50.9 Å². The first kappa shape index (κ1) is 10.6. The van der Waals surface area contributed by atoms with Gasteiger partial charge in [-0.05, 0) is 13.0 Å². The summed E-state index contributed by atoms with van der Waals surface area (Å²) in [6, 6.07) is 1.70. The highest BCUT2D eigenvalue weighted by Gasteiger charge is 2.02. The van der Waals surface area contributed by atoms with Gasteiger partial charge in [0.15, 0.2) is 0 Å². The number of nitrogens with one attached hydrogen (secondary N) is 1. The minimum absolute atomic E-state index is 0.0635. The Hall–Kier alpha value is -0.510. The fourth-order valence-electron chi connectivity index (χ4n) is 0.802. The monoisotopic (exact) mass is 219 g/mol. The highest BCUT2D eigenvalue weighted by atomic mass is 35.5. The van der Waals surface area contributed by atoms with Gasteiger partial charge >= 0.3 is 0 Å². The van der Waals surface area contributed by atoms with Gasteiger partial charge in [-0.25, -0.2) is 4.98 Å². The van der Waals surface area contributed by atoms with Crippen LogP contribution in [0, 0.1) is 0 Å². The van der Waals surface area contributed by atoms with Crippen LogP contribution in [0.4, 0.5) is 5.82 Å². The first-order valence-electron chi connectivity index (χ1n) is 3.90. The van der Waals surface area contributed by atoms with Crippen LogP contribution < -0.4 is 11.1 Å². The van der Waals surface area contributed by atoms with Crippen LogP contribution in [0.2, 0.25) is 10.0 Å². The lowest BCUT2D eigenvalue weighted by Crippen LogP contribution is -2.25. The van der Waals surface area contributed by atoms with Crippen LogP contribution in [0.3, 0.4) is 0 Å². The van der Waals surface area contributed by atoms with Crippen molar-refractivity contribution in [2.24, 2.45) is 5.73 Å². The van der Waals surface area contributed by atoms with Gasteiger partial charge in [-0.15, -0.1) is 0 Å². The van der Waals surface area contributed by atoms with Crippen molar-refractivity contribution in [3.63, 3.8) is 0 Å². The Kier molecular flexibility index (Phi) is 3.78. The molecule has 1 aromatic heterocycles. The molecule has 5 heteroatoms. The molecule has 0 saturated heterocycles. The standard InChI is InChI=1S/C8H11Cl2N3/c1-5(11)3-12-8-7(10)2-6(9)4-13-8/h2,4-5H,3,11H2,1H3,(H,12,13). The predicted molar refractivity (Wildman–Crippen MR) is 56.4 cm³/mol. The zero-order valence-corrected chi connectivity index (χ0v) is 8.73. The molecule has 1 unspecified atom stereocenters. The van der Waals surface area contributed by atoms with Crippen LogP contribution in [0.15, 0.2) is 12.3 Å². The molecule has 0 spiro atoms. The van der Waals surface area contributed by atoms with E-state index >= 15 is 0 Å². The summed E-state index contributed by atoms with van der Waals surface area (Å²) in [5.41, 5.74) is 5.56. The summed E-state index contributed by atoms with van der Waals surface area (Å²) in [7, 11) is 0. The van der Waals surface area contributed by atoms with Gasteiger partial charge in [-0.2, -0.15) is 0 Å². The normalized spacial score (nSPS) is 12.6. The Balaban J connectivity index is 2.67. The van der Waals surface area contributed by atoms with Crippen molar-refractivity contribution in [2.75, 3.05) is 11.9 Å². The van der Waals surface area contributed by atoms with Crippen molar-refractivity contribution in [1.29, 1.82) is 0 Å². The third-order valence-corrected chi connectivity index (χ3v) is 1.89. The molecule has 1 atom stereocenters. The summed E-state index contributed by atoms with van der Waals surface area (Å²) in [6.45, 7) is 2.53. The highest BCUT2D eigenvalue weighted by molar-refractivity contribution is 6.35. The fourth-order valence-corrected chi connectivity index (χ4v) is 1.25. The molecule has 0 fully saturated rings. The molecule has 0 aliphatic heterocycles. The van der Waals surface area contributed by atoms with Gasteiger partial charge in [0.05, 0.1) is 10.0 Å². The summed E-state index contributed by atoms with van der Waals surface area (Å²) < 4.78 is 0. The molecule has 0 saturated carbocycles. The van der Waals surface area contributed by atoms with Crippen molar-refractivity contribution in [1.82, 2.24) is 4.98 Å². The van der Waals surface area contributed by atoms with E-state index in [0.29, 0.717) is 22.4 Å². The molecule has 3 nitrogen and oxygen atoms in total. The predicted octanol–water partition coefficient (Wildman–Crippen LogP) is 2.15. The Morgan fingerprint density at radius 3 is 2.85 bits per heavy atom. The van der Waals surface area contributed by atoms with Crippen LogP contribution in [0.5, 0.6) is 0 Å². The van der Waals surface area contributed by atoms with E-state index in [4.69, 9.17) is 28.9 Å². The Morgan fingerprint density at radius 2 is 2.31 bits per heavy atom. The Labute approximate surface area is 87.2 Å². The van der Waals surface area contributed by atoms with Gasteiger partial charge in [0, 0.05) is 18.8 Å². The van der Waals surface area contributed by atoms with Gasteiger partial charge in [0.1, 0.15) is 5.82 Å². The molecule has 0 aromatic carbocycles. The van der Waals surface area contributed by atoms with E-state index in [0.717, 1.165) is 0 Å². The quantitative estimate of drug-likeness (QED) is 0.820. The lowest BCUT2D eigenvalue weighted by molar-refractivity contribution is 0.777. The molecule has 13 heavy (non-hydrogen) atoms. The van der Waals surface area contributed by atoms with E-state index in [1.807, 2.05) is 6.92 Å². The lowest BCUT2D eigenvalue weighted by atomic mass is 10.3. The van der Waals surface area contributed by atoms with E-state index in [9.17, 15) is 0 Å². The lowest BCUT2D eigenvalue weighted by Gasteiger charge is -2.09.